The second-order valence-electron chi connectivity index (χ2n) is 4.64. The highest BCUT2D eigenvalue weighted by molar-refractivity contribution is 7.17. The number of amides is 1. The third-order valence-corrected chi connectivity index (χ3v) is 3.91. The SMILES string of the molecule is Cc1nc(N2CCOCC2)sc1C(=O)NC(C)C. The van der Waals surface area contributed by atoms with E-state index in [1.54, 1.807) is 0 Å². The van der Waals surface area contributed by atoms with E-state index >= 15 is 0 Å². The van der Waals surface area contributed by atoms with E-state index in [2.05, 4.69) is 15.2 Å². The number of hydrogen-bond donors (Lipinski definition) is 1. The summed E-state index contributed by atoms with van der Waals surface area (Å²) in [5.41, 5.74) is 0.805. The van der Waals surface area contributed by atoms with Crippen LogP contribution >= 0.6 is 11.3 Å². The average Bonchev–Trinajstić information content (AvgIpc) is 2.72. The average molecular weight is 269 g/mol. The molecule has 1 aromatic heterocycles. The minimum Gasteiger partial charge on any atom is -0.378 e. The maximum Gasteiger partial charge on any atom is 0.263 e. The highest BCUT2D eigenvalue weighted by Gasteiger charge is 2.20. The molecular weight excluding hydrogens is 250 g/mol. The summed E-state index contributed by atoms with van der Waals surface area (Å²) in [5.74, 6) is -0.0282. The molecule has 1 aliphatic rings. The van der Waals surface area contributed by atoms with Gasteiger partial charge in [0.05, 0.1) is 18.9 Å². The summed E-state index contributed by atoms with van der Waals surface area (Å²) in [4.78, 5) is 19.4. The molecule has 100 valence electrons. The third-order valence-electron chi connectivity index (χ3n) is 2.69. The van der Waals surface area contributed by atoms with Crippen LogP contribution in [0.5, 0.6) is 0 Å². The first-order chi connectivity index (χ1) is 8.58. The normalized spacial score (nSPS) is 16.1. The van der Waals surface area contributed by atoms with E-state index < -0.39 is 0 Å². The highest BCUT2D eigenvalue weighted by atomic mass is 32.1. The number of aryl methyl sites for hydroxylation is 1. The first-order valence-corrected chi connectivity index (χ1v) is 7.00. The second-order valence-corrected chi connectivity index (χ2v) is 5.62. The number of carbonyl (C=O) groups is 1. The van der Waals surface area contributed by atoms with Gasteiger partial charge in [-0.2, -0.15) is 0 Å². The van der Waals surface area contributed by atoms with Crippen molar-refractivity contribution < 1.29 is 9.53 Å². The zero-order chi connectivity index (χ0) is 13.1. The molecule has 0 spiro atoms. The molecule has 6 heteroatoms. The molecule has 18 heavy (non-hydrogen) atoms. The molecule has 1 N–H and O–H groups in total. The standard InChI is InChI=1S/C12H19N3O2S/c1-8(2)13-11(16)10-9(3)14-12(18-10)15-4-6-17-7-5-15/h8H,4-7H2,1-3H3,(H,13,16). The number of carbonyl (C=O) groups excluding carboxylic acids is 1. The van der Waals surface area contributed by atoms with Crippen molar-refractivity contribution in [1.82, 2.24) is 10.3 Å². The van der Waals surface area contributed by atoms with E-state index in [0.29, 0.717) is 4.88 Å². The van der Waals surface area contributed by atoms with Gasteiger partial charge in [-0.3, -0.25) is 4.79 Å². The molecule has 2 heterocycles. The fourth-order valence-corrected chi connectivity index (χ4v) is 2.83. The van der Waals surface area contributed by atoms with Crippen molar-refractivity contribution in [1.29, 1.82) is 0 Å². The summed E-state index contributed by atoms with van der Waals surface area (Å²) in [6, 6.07) is 0.144. The van der Waals surface area contributed by atoms with Gasteiger partial charge in [-0.05, 0) is 20.8 Å². The summed E-state index contributed by atoms with van der Waals surface area (Å²) in [6.45, 7) is 8.94. The largest absolute Gasteiger partial charge is 0.378 e. The Morgan fingerprint density at radius 3 is 2.72 bits per heavy atom. The summed E-state index contributed by atoms with van der Waals surface area (Å²) in [5, 5.41) is 3.83. The molecule has 0 aromatic carbocycles. The Kier molecular flexibility index (Phi) is 4.19. The molecule has 1 fully saturated rings. The van der Waals surface area contributed by atoms with Gasteiger partial charge in [0.15, 0.2) is 5.13 Å². The van der Waals surface area contributed by atoms with E-state index in [0.717, 1.165) is 37.1 Å². The number of morpholine rings is 1. The van der Waals surface area contributed by atoms with E-state index in [-0.39, 0.29) is 11.9 Å². The van der Waals surface area contributed by atoms with Crippen LogP contribution in [0.25, 0.3) is 0 Å². The molecule has 0 aliphatic carbocycles. The summed E-state index contributed by atoms with van der Waals surface area (Å²) in [6.07, 6.45) is 0. The Morgan fingerprint density at radius 1 is 1.44 bits per heavy atom. The second kappa shape index (κ2) is 5.67. The Hall–Kier alpha value is -1.14. The number of aromatic nitrogens is 1. The van der Waals surface area contributed by atoms with Crippen LogP contribution in [-0.4, -0.2) is 43.2 Å². The van der Waals surface area contributed by atoms with Crippen molar-refractivity contribution in [3.63, 3.8) is 0 Å². The van der Waals surface area contributed by atoms with Gasteiger partial charge in [0.25, 0.3) is 5.91 Å². The molecule has 1 aliphatic heterocycles. The van der Waals surface area contributed by atoms with Gasteiger partial charge in [0.2, 0.25) is 0 Å². The lowest BCUT2D eigenvalue weighted by Gasteiger charge is -2.26. The Morgan fingerprint density at radius 2 is 2.11 bits per heavy atom. The van der Waals surface area contributed by atoms with Gasteiger partial charge < -0.3 is 15.0 Å². The van der Waals surface area contributed by atoms with Gasteiger partial charge >= 0.3 is 0 Å². The molecule has 0 unspecified atom stereocenters. The van der Waals surface area contributed by atoms with Crippen molar-refractivity contribution in [3.8, 4) is 0 Å². The van der Waals surface area contributed by atoms with Crippen molar-refractivity contribution in [2.75, 3.05) is 31.2 Å². The maximum absolute atomic E-state index is 12.0. The quantitative estimate of drug-likeness (QED) is 0.902. The predicted octanol–water partition coefficient (Wildman–Crippen LogP) is 1.43. The number of nitrogens with zero attached hydrogens (tertiary/aromatic N) is 2. The van der Waals surface area contributed by atoms with Gasteiger partial charge in [-0.15, -0.1) is 0 Å². The molecule has 1 saturated heterocycles. The van der Waals surface area contributed by atoms with E-state index in [1.165, 1.54) is 11.3 Å². The first kappa shape index (κ1) is 13.3. The van der Waals surface area contributed by atoms with Gasteiger partial charge in [-0.25, -0.2) is 4.98 Å². The van der Waals surface area contributed by atoms with Crippen LogP contribution in [0.15, 0.2) is 0 Å². The third kappa shape index (κ3) is 3.00. The van der Waals surface area contributed by atoms with Crippen molar-refractivity contribution >= 4 is 22.4 Å². The summed E-state index contributed by atoms with van der Waals surface area (Å²) < 4.78 is 5.31. The lowest BCUT2D eigenvalue weighted by Crippen LogP contribution is -2.36. The van der Waals surface area contributed by atoms with Gasteiger partial charge in [-0.1, -0.05) is 11.3 Å². The summed E-state index contributed by atoms with van der Waals surface area (Å²) >= 11 is 1.46. The van der Waals surface area contributed by atoms with Crippen LogP contribution in [0.3, 0.4) is 0 Å². The fraction of sp³-hybridized carbons (Fsp3) is 0.667. The molecule has 5 nitrogen and oxygen atoms in total. The number of anilines is 1. The zero-order valence-corrected chi connectivity index (χ0v) is 11.8. The lowest BCUT2D eigenvalue weighted by atomic mass is 10.3. The number of nitrogens with one attached hydrogen (secondary N) is 1. The molecule has 0 saturated carbocycles. The van der Waals surface area contributed by atoms with Crippen LogP contribution in [0.4, 0.5) is 5.13 Å². The maximum atomic E-state index is 12.0. The van der Waals surface area contributed by atoms with Crippen molar-refractivity contribution in [3.05, 3.63) is 10.6 Å². The van der Waals surface area contributed by atoms with Crippen LogP contribution in [-0.2, 0) is 4.74 Å². The molecule has 0 radical (unpaired) electrons. The predicted molar refractivity (Wildman–Crippen MR) is 72.5 cm³/mol. The minimum atomic E-state index is -0.0282. The molecular formula is C12H19N3O2S. The Bertz CT molecular complexity index is 425. The Balaban J connectivity index is 2.13. The van der Waals surface area contributed by atoms with Crippen LogP contribution in [0, 0.1) is 6.92 Å². The topological polar surface area (TPSA) is 54.5 Å². The molecule has 0 atom stereocenters. The number of ether oxygens (including phenoxy) is 1. The van der Waals surface area contributed by atoms with Crippen molar-refractivity contribution in [2.45, 2.75) is 26.8 Å². The van der Waals surface area contributed by atoms with E-state index in [1.807, 2.05) is 20.8 Å². The molecule has 1 aromatic rings. The smallest absolute Gasteiger partial charge is 0.263 e. The van der Waals surface area contributed by atoms with Crippen molar-refractivity contribution in [2.24, 2.45) is 0 Å². The van der Waals surface area contributed by atoms with Gasteiger partial charge in [0, 0.05) is 19.1 Å². The van der Waals surface area contributed by atoms with E-state index in [9.17, 15) is 4.79 Å². The Labute approximate surface area is 111 Å². The number of thiazole rings is 1. The van der Waals surface area contributed by atoms with E-state index in [4.69, 9.17) is 4.74 Å². The van der Waals surface area contributed by atoms with Crippen LogP contribution < -0.4 is 10.2 Å². The lowest BCUT2D eigenvalue weighted by molar-refractivity contribution is 0.0946. The fourth-order valence-electron chi connectivity index (χ4n) is 1.81. The van der Waals surface area contributed by atoms with Gasteiger partial charge in [0.1, 0.15) is 4.88 Å². The highest BCUT2D eigenvalue weighted by Crippen LogP contribution is 2.26. The first-order valence-electron chi connectivity index (χ1n) is 6.19. The number of rotatable bonds is 3. The zero-order valence-electron chi connectivity index (χ0n) is 11.0. The minimum absolute atomic E-state index is 0.0282. The number of hydrogen-bond acceptors (Lipinski definition) is 5. The molecule has 2 rings (SSSR count). The molecule has 1 amide bonds. The monoisotopic (exact) mass is 269 g/mol. The van der Waals surface area contributed by atoms with Crippen LogP contribution in [0.2, 0.25) is 0 Å². The van der Waals surface area contributed by atoms with Crippen LogP contribution in [0.1, 0.15) is 29.2 Å². The summed E-state index contributed by atoms with van der Waals surface area (Å²) in [7, 11) is 0. The molecule has 0 bridgehead atoms.